The summed E-state index contributed by atoms with van der Waals surface area (Å²) in [6.07, 6.45) is 0. The van der Waals surface area contributed by atoms with Crippen LogP contribution >= 0.6 is 23.4 Å². The molecule has 0 aliphatic carbocycles. The largest absolute Gasteiger partial charge is 0.496 e. The van der Waals surface area contributed by atoms with Crippen LogP contribution in [0.3, 0.4) is 0 Å². The van der Waals surface area contributed by atoms with Crippen molar-refractivity contribution in [1.29, 1.82) is 0 Å². The van der Waals surface area contributed by atoms with Gasteiger partial charge in [0.25, 0.3) is 0 Å². The molecule has 0 aliphatic rings. The van der Waals surface area contributed by atoms with Gasteiger partial charge in [-0.2, -0.15) is 4.98 Å². The second-order valence-electron chi connectivity index (χ2n) is 5.87. The van der Waals surface area contributed by atoms with Crippen molar-refractivity contribution in [1.82, 2.24) is 24.9 Å². The average molecular weight is 414 g/mol. The average Bonchev–Trinajstić information content (AvgIpc) is 3.34. The number of aromatic nitrogens is 5. The summed E-state index contributed by atoms with van der Waals surface area (Å²) < 4.78 is 12.6. The lowest BCUT2D eigenvalue weighted by molar-refractivity contribution is 0.390. The maximum absolute atomic E-state index is 5.95. The van der Waals surface area contributed by atoms with Gasteiger partial charge in [0.05, 0.1) is 18.4 Å². The fourth-order valence-electron chi connectivity index (χ4n) is 2.67. The van der Waals surface area contributed by atoms with E-state index in [0.29, 0.717) is 28.2 Å². The zero-order valence-corrected chi connectivity index (χ0v) is 16.7. The third kappa shape index (κ3) is 3.74. The molecule has 0 fully saturated rings. The highest BCUT2D eigenvalue weighted by Crippen LogP contribution is 2.29. The molecule has 28 heavy (non-hydrogen) atoms. The molecule has 0 unspecified atom stereocenters. The van der Waals surface area contributed by atoms with Crippen LogP contribution in [0.1, 0.15) is 5.89 Å². The Morgan fingerprint density at radius 1 is 1.11 bits per heavy atom. The third-order valence-corrected chi connectivity index (χ3v) is 5.34. The van der Waals surface area contributed by atoms with Gasteiger partial charge in [0, 0.05) is 17.6 Å². The van der Waals surface area contributed by atoms with E-state index in [1.807, 2.05) is 60.1 Å². The summed E-state index contributed by atoms with van der Waals surface area (Å²) in [6, 6.07) is 15.0. The van der Waals surface area contributed by atoms with E-state index < -0.39 is 0 Å². The molecule has 2 aromatic heterocycles. The molecule has 0 aliphatic heterocycles. The highest BCUT2D eigenvalue weighted by Gasteiger charge is 2.15. The summed E-state index contributed by atoms with van der Waals surface area (Å²) in [6.45, 7) is 0. The summed E-state index contributed by atoms with van der Waals surface area (Å²) in [5.41, 5.74) is 1.73. The van der Waals surface area contributed by atoms with Crippen molar-refractivity contribution < 1.29 is 9.26 Å². The monoisotopic (exact) mass is 413 g/mol. The predicted octanol–water partition coefficient (Wildman–Crippen LogP) is 4.49. The van der Waals surface area contributed by atoms with Gasteiger partial charge in [0.15, 0.2) is 11.0 Å². The number of para-hydroxylation sites is 1. The normalized spacial score (nSPS) is 11.0. The van der Waals surface area contributed by atoms with Crippen molar-refractivity contribution in [2.24, 2.45) is 7.05 Å². The van der Waals surface area contributed by atoms with E-state index in [1.165, 1.54) is 11.8 Å². The molecular weight excluding hydrogens is 398 g/mol. The lowest BCUT2D eigenvalue weighted by Crippen LogP contribution is -1.95. The molecule has 0 N–H and O–H groups in total. The topological polar surface area (TPSA) is 78.9 Å². The summed E-state index contributed by atoms with van der Waals surface area (Å²) in [5.74, 6) is 2.94. The summed E-state index contributed by atoms with van der Waals surface area (Å²) in [5, 5.41) is 14.0. The minimum absolute atomic E-state index is 0.481. The van der Waals surface area contributed by atoms with Crippen LogP contribution in [0.4, 0.5) is 0 Å². The summed E-state index contributed by atoms with van der Waals surface area (Å²) in [7, 11) is 3.53. The van der Waals surface area contributed by atoms with E-state index in [0.717, 1.165) is 22.1 Å². The minimum Gasteiger partial charge on any atom is -0.496 e. The highest BCUT2D eigenvalue weighted by molar-refractivity contribution is 7.98. The highest BCUT2D eigenvalue weighted by atomic mass is 35.5. The van der Waals surface area contributed by atoms with E-state index in [2.05, 4.69) is 20.3 Å². The first kappa shape index (κ1) is 18.5. The number of benzene rings is 2. The Balaban J connectivity index is 1.49. The Hall–Kier alpha value is -2.84. The number of thioether (sulfide) groups is 1. The van der Waals surface area contributed by atoms with Crippen LogP contribution in [0.2, 0.25) is 5.02 Å². The first-order valence-electron chi connectivity index (χ1n) is 8.40. The van der Waals surface area contributed by atoms with Crippen LogP contribution in [0.5, 0.6) is 5.75 Å². The van der Waals surface area contributed by atoms with E-state index >= 15 is 0 Å². The lowest BCUT2D eigenvalue weighted by Gasteiger charge is -2.03. The van der Waals surface area contributed by atoms with Gasteiger partial charge < -0.3 is 13.8 Å². The third-order valence-electron chi connectivity index (χ3n) is 4.08. The van der Waals surface area contributed by atoms with Crippen molar-refractivity contribution >= 4 is 23.4 Å². The molecule has 0 saturated carbocycles. The summed E-state index contributed by atoms with van der Waals surface area (Å²) in [4.78, 5) is 4.46. The van der Waals surface area contributed by atoms with E-state index in [-0.39, 0.29) is 0 Å². The zero-order chi connectivity index (χ0) is 19.5. The number of ether oxygens (including phenoxy) is 1. The lowest BCUT2D eigenvalue weighted by atomic mass is 10.2. The van der Waals surface area contributed by atoms with Crippen LogP contribution in [0.15, 0.2) is 58.2 Å². The molecule has 0 atom stereocenters. The molecule has 4 aromatic rings. The second kappa shape index (κ2) is 8.04. The Bertz CT molecular complexity index is 1090. The quantitative estimate of drug-likeness (QED) is 0.431. The SMILES string of the molecule is COc1ccccc1-c1noc(CSc2nnc(-c3ccc(Cl)cc3)n2C)n1. The van der Waals surface area contributed by atoms with Gasteiger partial charge in [0.2, 0.25) is 11.7 Å². The Labute approximate surface area is 170 Å². The van der Waals surface area contributed by atoms with Gasteiger partial charge in [0.1, 0.15) is 5.75 Å². The number of hydrogen-bond donors (Lipinski definition) is 0. The Morgan fingerprint density at radius 2 is 1.89 bits per heavy atom. The predicted molar refractivity (Wildman–Crippen MR) is 107 cm³/mol. The number of hydrogen-bond acceptors (Lipinski definition) is 7. The van der Waals surface area contributed by atoms with Crippen LogP contribution in [0.25, 0.3) is 22.8 Å². The van der Waals surface area contributed by atoms with Crippen LogP contribution in [0, 0.1) is 0 Å². The molecule has 0 amide bonds. The molecule has 0 radical (unpaired) electrons. The number of methoxy groups -OCH3 is 1. The van der Waals surface area contributed by atoms with Crippen molar-refractivity contribution in [2.75, 3.05) is 7.11 Å². The first-order chi connectivity index (χ1) is 13.7. The first-order valence-corrected chi connectivity index (χ1v) is 9.76. The summed E-state index contributed by atoms with van der Waals surface area (Å²) >= 11 is 7.42. The van der Waals surface area contributed by atoms with Gasteiger partial charge >= 0.3 is 0 Å². The van der Waals surface area contributed by atoms with Crippen LogP contribution < -0.4 is 4.74 Å². The second-order valence-corrected chi connectivity index (χ2v) is 7.25. The molecule has 7 nitrogen and oxygen atoms in total. The molecule has 0 saturated heterocycles. The number of nitrogens with zero attached hydrogens (tertiary/aromatic N) is 5. The van der Waals surface area contributed by atoms with Crippen molar-refractivity contribution in [3.8, 4) is 28.5 Å². The van der Waals surface area contributed by atoms with Crippen molar-refractivity contribution in [3.63, 3.8) is 0 Å². The number of rotatable bonds is 6. The molecule has 9 heteroatoms. The molecule has 0 spiro atoms. The van der Waals surface area contributed by atoms with Gasteiger partial charge in [-0.25, -0.2) is 0 Å². The maximum atomic E-state index is 5.95. The fraction of sp³-hybridized carbons (Fsp3) is 0.158. The Kier molecular flexibility index (Phi) is 5.31. The molecule has 4 rings (SSSR count). The van der Waals surface area contributed by atoms with Crippen LogP contribution in [-0.4, -0.2) is 32.0 Å². The molecule has 142 valence electrons. The fourth-order valence-corrected chi connectivity index (χ4v) is 3.54. The van der Waals surface area contributed by atoms with Gasteiger partial charge in [-0.3, -0.25) is 0 Å². The van der Waals surface area contributed by atoms with E-state index in [1.54, 1.807) is 7.11 Å². The van der Waals surface area contributed by atoms with Gasteiger partial charge in [-0.1, -0.05) is 40.7 Å². The molecular formula is C19H16ClN5O2S. The van der Waals surface area contributed by atoms with Gasteiger partial charge in [-0.05, 0) is 36.4 Å². The number of halogens is 1. The zero-order valence-electron chi connectivity index (χ0n) is 15.2. The smallest absolute Gasteiger partial charge is 0.237 e. The molecule has 2 aromatic carbocycles. The standard InChI is InChI=1S/C19H16ClN5O2S/c1-25-18(12-7-9-13(20)10-8-12)22-23-19(25)28-11-16-21-17(24-27-16)14-5-3-4-6-15(14)26-2/h3-10H,11H2,1-2H3. The van der Waals surface area contributed by atoms with Crippen molar-refractivity contribution in [3.05, 3.63) is 59.4 Å². The van der Waals surface area contributed by atoms with E-state index in [9.17, 15) is 0 Å². The van der Waals surface area contributed by atoms with Gasteiger partial charge in [-0.15, -0.1) is 10.2 Å². The van der Waals surface area contributed by atoms with Crippen LogP contribution in [-0.2, 0) is 12.8 Å². The Morgan fingerprint density at radius 3 is 2.68 bits per heavy atom. The maximum Gasteiger partial charge on any atom is 0.237 e. The molecule has 2 heterocycles. The van der Waals surface area contributed by atoms with Crippen molar-refractivity contribution in [2.45, 2.75) is 10.9 Å². The van der Waals surface area contributed by atoms with E-state index in [4.69, 9.17) is 20.9 Å². The molecule has 0 bridgehead atoms. The minimum atomic E-state index is 0.481.